The number of nitrogens with one attached hydrogen (secondary N) is 3. The summed E-state index contributed by atoms with van der Waals surface area (Å²) < 4.78 is 0. The highest BCUT2D eigenvalue weighted by atomic mass is 15.2. The number of guanidine groups is 1. The van der Waals surface area contributed by atoms with Crippen molar-refractivity contribution in [3.8, 4) is 0 Å². The minimum Gasteiger partial charge on any atom is -0.357 e. The third-order valence-corrected chi connectivity index (χ3v) is 3.02. The highest BCUT2D eigenvalue weighted by Gasteiger charge is 2.13. The monoisotopic (exact) mass is 279 g/mol. The molecule has 5 heteroatoms. The van der Waals surface area contributed by atoms with E-state index in [1.807, 2.05) is 6.07 Å². The highest BCUT2D eigenvalue weighted by molar-refractivity contribution is 5.79. The predicted molar refractivity (Wildman–Crippen MR) is 84.7 cm³/mol. The predicted octanol–water partition coefficient (Wildman–Crippen LogP) is 2.68. The van der Waals surface area contributed by atoms with E-state index in [4.69, 9.17) is 0 Å². The van der Waals surface area contributed by atoms with E-state index in [2.05, 4.69) is 60.4 Å². The summed E-state index contributed by atoms with van der Waals surface area (Å²) in [5.74, 6) is 0.864. The molecule has 1 unspecified atom stereocenters. The van der Waals surface area contributed by atoms with E-state index in [9.17, 15) is 0 Å². The molecular formula is C15H29N5. The van der Waals surface area contributed by atoms with Crippen LogP contribution in [0.3, 0.4) is 0 Å². The van der Waals surface area contributed by atoms with E-state index in [0.29, 0.717) is 18.0 Å². The van der Waals surface area contributed by atoms with Gasteiger partial charge in [0.15, 0.2) is 5.96 Å². The maximum absolute atomic E-state index is 4.56. The third kappa shape index (κ3) is 7.16. The van der Waals surface area contributed by atoms with Crippen LogP contribution in [0.2, 0.25) is 0 Å². The molecule has 1 rings (SSSR count). The van der Waals surface area contributed by atoms with Gasteiger partial charge < -0.3 is 10.6 Å². The van der Waals surface area contributed by atoms with E-state index in [0.717, 1.165) is 24.6 Å². The van der Waals surface area contributed by atoms with Crippen LogP contribution >= 0.6 is 0 Å². The number of nitrogens with zero attached hydrogens (tertiary/aromatic N) is 2. The van der Waals surface area contributed by atoms with Crippen molar-refractivity contribution in [2.75, 3.05) is 6.54 Å². The van der Waals surface area contributed by atoms with Gasteiger partial charge in [0.2, 0.25) is 0 Å². The summed E-state index contributed by atoms with van der Waals surface area (Å²) in [5, 5.41) is 13.6. The summed E-state index contributed by atoms with van der Waals surface area (Å²) in [5.41, 5.74) is 1.39. The molecular weight excluding hydrogens is 250 g/mol. The average molecular weight is 279 g/mol. The standard InChI is InChI=1S/C15H29N5/c1-6-16-14(17-11-13-8-10-18-20-13)19-12(2)7-9-15(3,4)5/h8,10,12H,6-7,9,11H2,1-5H3,(H,18,20)(H2,16,17,19). The van der Waals surface area contributed by atoms with Crippen LogP contribution in [0.5, 0.6) is 0 Å². The maximum Gasteiger partial charge on any atom is 0.191 e. The van der Waals surface area contributed by atoms with Gasteiger partial charge in [-0.1, -0.05) is 20.8 Å². The fraction of sp³-hybridized carbons (Fsp3) is 0.733. The second-order valence-electron chi connectivity index (χ2n) is 6.42. The number of H-pyrrole nitrogens is 1. The summed E-state index contributed by atoms with van der Waals surface area (Å²) in [6.07, 6.45) is 4.08. The Balaban J connectivity index is 2.47. The van der Waals surface area contributed by atoms with Crippen LogP contribution in [0.1, 0.15) is 53.2 Å². The van der Waals surface area contributed by atoms with Gasteiger partial charge in [-0.3, -0.25) is 5.10 Å². The Morgan fingerprint density at radius 3 is 2.75 bits per heavy atom. The number of aromatic amines is 1. The smallest absolute Gasteiger partial charge is 0.191 e. The molecule has 1 heterocycles. The van der Waals surface area contributed by atoms with Crippen molar-refractivity contribution in [1.29, 1.82) is 0 Å². The Labute approximate surface area is 122 Å². The molecule has 0 aliphatic heterocycles. The highest BCUT2D eigenvalue weighted by Crippen LogP contribution is 2.21. The first kappa shape index (κ1) is 16.5. The zero-order valence-corrected chi connectivity index (χ0v) is 13.5. The van der Waals surface area contributed by atoms with Crippen molar-refractivity contribution in [3.05, 3.63) is 18.0 Å². The molecule has 0 radical (unpaired) electrons. The summed E-state index contributed by atoms with van der Waals surface area (Å²) >= 11 is 0. The Morgan fingerprint density at radius 1 is 1.45 bits per heavy atom. The van der Waals surface area contributed by atoms with Crippen LogP contribution < -0.4 is 10.6 Å². The van der Waals surface area contributed by atoms with Crippen molar-refractivity contribution < 1.29 is 0 Å². The number of rotatable bonds is 6. The first-order valence-corrected chi connectivity index (χ1v) is 7.44. The number of hydrogen-bond donors (Lipinski definition) is 3. The van der Waals surface area contributed by atoms with Crippen LogP contribution in [-0.4, -0.2) is 28.7 Å². The molecule has 114 valence electrons. The molecule has 3 N–H and O–H groups in total. The van der Waals surface area contributed by atoms with Gasteiger partial charge in [-0.05, 0) is 38.2 Å². The summed E-state index contributed by atoms with van der Waals surface area (Å²) in [7, 11) is 0. The van der Waals surface area contributed by atoms with Crippen LogP contribution in [0, 0.1) is 5.41 Å². The SMILES string of the molecule is CCNC(=NCc1ccn[nH]1)NC(C)CCC(C)(C)C. The zero-order valence-electron chi connectivity index (χ0n) is 13.5. The van der Waals surface area contributed by atoms with E-state index in [1.165, 1.54) is 6.42 Å². The lowest BCUT2D eigenvalue weighted by atomic mass is 9.89. The van der Waals surface area contributed by atoms with Gasteiger partial charge in [-0.25, -0.2) is 4.99 Å². The molecule has 0 aliphatic rings. The van der Waals surface area contributed by atoms with Crippen molar-refractivity contribution in [2.45, 2.75) is 60.0 Å². The van der Waals surface area contributed by atoms with Gasteiger partial charge in [0, 0.05) is 18.8 Å². The molecule has 0 aromatic carbocycles. The maximum atomic E-state index is 4.56. The minimum absolute atomic E-state index is 0.376. The van der Waals surface area contributed by atoms with E-state index >= 15 is 0 Å². The normalized spacial score (nSPS) is 14.2. The van der Waals surface area contributed by atoms with Gasteiger partial charge in [0.05, 0.1) is 12.2 Å². The van der Waals surface area contributed by atoms with Crippen molar-refractivity contribution in [2.24, 2.45) is 10.4 Å². The first-order valence-electron chi connectivity index (χ1n) is 7.44. The quantitative estimate of drug-likeness (QED) is 0.554. The Bertz CT molecular complexity index is 389. The lowest BCUT2D eigenvalue weighted by Gasteiger charge is -2.23. The largest absolute Gasteiger partial charge is 0.357 e. The average Bonchev–Trinajstić information content (AvgIpc) is 2.86. The third-order valence-electron chi connectivity index (χ3n) is 3.02. The molecule has 1 atom stereocenters. The second kappa shape index (κ2) is 7.92. The van der Waals surface area contributed by atoms with Crippen molar-refractivity contribution in [1.82, 2.24) is 20.8 Å². The number of aliphatic imine (C=N–C) groups is 1. The Morgan fingerprint density at radius 2 is 2.20 bits per heavy atom. The second-order valence-corrected chi connectivity index (χ2v) is 6.42. The van der Waals surface area contributed by atoms with Crippen molar-refractivity contribution >= 4 is 5.96 Å². The number of aromatic nitrogens is 2. The van der Waals surface area contributed by atoms with Crippen LogP contribution in [0.4, 0.5) is 0 Å². The molecule has 0 amide bonds. The Kier molecular flexibility index (Phi) is 6.55. The fourth-order valence-electron chi connectivity index (χ4n) is 1.81. The van der Waals surface area contributed by atoms with Gasteiger partial charge in [0.1, 0.15) is 0 Å². The molecule has 0 saturated heterocycles. The molecule has 5 nitrogen and oxygen atoms in total. The summed E-state index contributed by atoms with van der Waals surface area (Å²) in [6.45, 7) is 12.6. The van der Waals surface area contributed by atoms with Gasteiger partial charge >= 0.3 is 0 Å². The Hall–Kier alpha value is -1.52. The lowest BCUT2D eigenvalue weighted by Crippen LogP contribution is -2.42. The summed E-state index contributed by atoms with van der Waals surface area (Å²) in [4.78, 5) is 4.56. The molecule has 0 bridgehead atoms. The molecule has 0 fully saturated rings. The lowest BCUT2D eigenvalue weighted by molar-refractivity contribution is 0.346. The fourth-order valence-corrected chi connectivity index (χ4v) is 1.81. The van der Waals surface area contributed by atoms with E-state index in [1.54, 1.807) is 6.20 Å². The molecule has 0 aliphatic carbocycles. The van der Waals surface area contributed by atoms with Crippen LogP contribution in [0.15, 0.2) is 17.3 Å². The molecule has 0 spiro atoms. The van der Waals surface area contributed by atoms with E-state index in [-0.39, 0.29) is 0 Å². The first-order chi connectivity index (χ1) is 9.40. The van der Waals surface area contributed by atoms with Gasteiger partial charge in [-0.15, -0.1) is 0 Å². The molecule has 0 saturated carbocycles. The molecule has 1 aromatic heterocycles. The van der Waals surface area contributed by atoms with Crippen molar-refractivity contribution in [3.63, 3.8) is 0 Å². The number of hydrogen-bond acceptors (Lipinski definition) is 2. The molecule has 1 aromatic rings. The topological polar surface area (TPSA) is 65.1 Å². The van der Waals surface area contributed by atoms with Crippen LogP contribution in [0.25, 0.3) is 0 Å². The minimum atomic E-state index is 0.376. The molecule has 20 heavy (non-hydrogen) atoms. The van der Waals surface area contributed by atoms with Gasteiger partial charge in [-0.2, -0.15) is 5.10 Å². The summed E-state index contributed by atoms with van der Waals surface area (Å²) in [6, 6.07) is 2.35. The zero-order chi connectivity index (χ0) is 15.0. The van der Waals surface area contributed by atoms with Gasteiger partial charge in [0.25, 0.3) is 0 Å². The van der Waals surface area contributed by atoms with Crippen LogP contribution in [-0.2, 0) is 6.54 Å². The van der Waals surface area contributed by atoms with E-state index < -0.39 is 0 Å².